The molecule has 0 amide bonds. The quantitative estimate of drug-likeness (QED) is 0.514. The predicted molar refractivity (Wildman–Crippen MR) is 91.0 cm³/mol. The van der Waals surface area contributed by atoms with Gasteiger partial charge in [-0.3, -0.25) is 0 Å². The number of allylic oxidation sites excluding steroid dienone is 4. The summed E-state index contributed by atoms with van der Waals surface area (Å²) in [6.45, 7) is 19.3. The van der Waals surface area contributed by atoms with Crippen LogP contribution in [0.1, 0.15) is 48.0 Å². The number of hydrogen-bond acceptors (Lipinski definition) is 0. The van der Waals surface area contributed by atoms with Crippen LogP contribution in [0, 0.1) is 10.8 Å². The Hall–Kier alpha value is 1.16. The first-order chi connectivity index (χ1) is 7.46. The SMILES string of the molecule is C[SiH](C)C1=C(C(C)(C)C)C(C(C)(C)C)=[C]([Zr])C1.Cl.Cl. The smallest absolute Gasteiger partial charge is 0.147 e. The molecule has 0 saturated heterocycles. The van der Waals surface area contributed by atoms with Gasteiger partial charge in [0.05, 0.1) is 0 Å². The van der Waals surface area contributed by atoms with E-state index >= 15 is 0 Å². The second-order valence-corrected chi connectivity index (χ2v) is 12.1. The van der Waals surface area contributed by atoms with E-state index in [1.54, 1.807) is 39.1 Å². The molecule has 0 N–H and O–H groups in total. The fourth-order valence-electron chi connectivity index (χ4n) is 2.86. The summed E-state index contributed by atoms with van der Waals surface area (Å²) < 4.78 is 1.71. The fourth-order valence-corrected chi connectivity index (χ4v) is 6.82. The average molecular weight is 400 g/mol. The second-order valence-electron chi connectivity index (χ2n) is 7.59. The monoisotopic (exact) mass is 397 g/mol. The molecule has 1 rings (SSSR count). The van der Waals surface area contributed by atoms with Crippen LogP contribution in [0.15, 0.2) is 19.6 Å². The summed E-state index contributed by atoms with van der Waals surface area (Å²) in [5, 5.41) is 1.83. The fraction of sp³-hybridized carbons (Fsp3) is 0.733. The van der Waals surface area contributed by atoms with Gasteiger partial charge in [0.2, 0.25) is 0 Å². The van der Waals surface area contributed by atoms with Crippen LogP contribution in [-0.4, -0.2) is 8.80 Å². The molecule has 0 aromatic rings. The zero-order valence-electron chi connectivity index (χ0n) is 13.6. The van der Waals surface area contributed by atoms with E-state index in [2.05, 4.69) is 54.6 Å². The molecule has 0 aromatic heterocycles. The van der Waals surface area contributed by atoms with Crippen molar-refractivity contribution in [1.29, 1.82) is 0 Å². The van der Waals surface area contributed by atoms with Crippen molar-refractivity contribution in [2.45, 2.75) is 61.1 Å². The predicted octanol–water partition coefficient (Wildman–Crippen LogP) is 5.45. The van der Waals surface area contributed by atoms with Crippen LogP contribution < -0.4 is 0 Å². The van der Waals surface area contributed by atoms with Gasteiger partial charge in [-0.2, -0.15) is 0 Å². The molecule has 0 unspecified atom stereocenters. The van der Waals surface area contributed by atoms with Crippen LogP contribution in [0.4, 0.5) is 0 Å². The first-order valence-corrected chi connectivity index (χ1v) is 10.8. The van der Waals surface area contributed by atoms with E-state index in [1.807, 2.05) is 5.20 Å². The molecule has 0 radical (unpaired) electrons. The van der Waals surface area contributed by atoms with Crippen LogP contribution >= 0.6 is 24.8 Å². The third-order valence-corrected chi connectivity index (χ3v) is 6.37. The van der Waals surface area contributed by atoms with Gasteiger partial charge in [-0.1, -0.05) is 0 Å². The standard InChI is InChI=1S/C15H27Si.2ClH.Zr/c1-14(2,3)11-9-10-12(16(7)8)13(11)15(4,5)6;;;/h16H,10H2,1-8H3;2*1H;. The van der Waals surface area contributed by atoms with Gasteiger partial charge in [0, 0.05) is 0 Å². The van der Waals surface area contributed by atoms with Crippen molar-refractivity contribution in [2.24, 2.45) is 10.8 Å². The van der Waals surface area contributed by atoms with Gasteiger partial charge in [0.15, 0.2) is 0 Å². The Labute approximate surface area is 149 Å². The molecule has 0 bridgehead atoms. The van der Waals surface area contributed by atoms with Gasteiger partial charge in [0.25, 0.3) is 0 Å². The van der Waals surface area contributed by atoms with Crippen LogP contribution in [0.5, 0.6) is 0 Å². The molecule has 19 heavy (non-hydrogen) atoms. The Morgan fingerprint density at radius 2 is 1.21 bits per heavy atom. The molecule has 0 atom stereocenters. The van der Waals surface area contributed by atoms with Crippen molar-refractivity contribution in [2.75, 3.05) is 0 Å². The molecule has 0 saturated carbocycles. The Balaban J connectivity index is 0. The maximum absolute atomic E-state index is 2.48. The molecule has 1 aliphatic carbocycles. The van der Waals surface area contributed by atoms with Gasteiger partial charge in [-0.25, -0.2) is 0 Å². The topological polar surface area (TPSA) is 0 Å². The van der Waals surface area contributed by atoms with Gasteiger partial charge in [-0.05, 0) is 0 Å². The zero-order valence-corrected chi connectivity index (χ0v) is 18.8. The van der Waals surface area contributed by atoms with E-state index in [9.17, 15) is 0 Å². The van der Waals surface area contributed by atoms with Gasteiger partial charge in [0.1, 0.15) is 0 Å². The first-order valence-electron chi connectivity index (χ1n) is 6.65. The minimum atomic E-state index is -0.677. The second kappa shape index (κ2) is 7.43. The molecule has 0 nitrogen and oxygen atoms in total. The van der Waals surface area contributed by atoms with Gasteiger partial charge < -0.3 is 0 Å². The van der Waals surface area contributed by atoms with Crippen LogP contribution in [0.25, 0.3) is 0 Å². The van der Waals surface area contributed by atoms with Crippen molar-refractivity contribution < 1.29 is 24.7 Å². The van der Waals surface area contributed by atoms with Crippen molar-refractivity contribution in [3.8, 4) is 0 Å². The molecule has 0 aliphatic heterocycles. The third-order valence-electron chi connectivity index (χ3n) is 3.44. The molecule has 111 valence electrons. The molecular formula is C15H29Cl2SiZr. The van der Waals surface area contributed by atoms with Crippen LogP contribution in [-0.2, 0) is 24.7 Å². The number of hydrogen-bond donors (Lipinski definition) is 0. The Morgan fingerprint density at radius 3 is 1.47 bits per heavy atom. The van der Waals surface area contributed by atoms with Gasteiger partial charge in [-0.15, -0.1) is 24.8 Å². The molecule has 0 fully saturated rings. The van der Waals surface area contributed by atoms with E-state index in [0.717, 1.165) is 0 Å². The van der Waals surface area contributed by atoms with Crippen molar-refractivity contribution in [1.82, 2.24) is 0 Å². The maximum Gasteiger partial charge on any atom is -0.147 e. The normalized spacial score (nSPS) is 16.6. The third kappa shape index (κ3) is 5.13. The molecule has 4 heteroatoms. The van der Waals surface area contributed by atoms with E-state index in [4.69, 9.17) is 0 Å². The van der Waals surface area contributed by atoms with Gasteiger partial charge >= 0.3 is 125 Å². The van der Waals surface area contributed by atoms with E-state index in [1.165, 1.54) is 6.42 Å². The Morgan fingerprint density at radius 1 is 0.842 bits per heavy atom. The summed E-state index contributed by atoms with van der Waals surface area (Å²) in [4.78, 5) is 0. The van der Waals surface area contributed by atoms with E-state index in [0.29, 0.717) is 10.8 Å². The van der Waals surface area contributed by atoms with Crippen LogP contribution in [0.3, 0.4) is 0 Å². The number of halogens is 2. The molecule has 0 aromatic carbocycles. The maximum atomic E-state index is 2.48. The average Bonchev–Trinajstić information content (AvgIpc) is 2.40. The Bertz CT molecular complexity index is 382. The largest absolute Gasteiger partial charge is 0.147 e. The number of rotatable bonds is 1. The summed E-state index contributed by atoms with van der Waals surface area (Å²) in [6, 6.07) is 0. The summed E-state index contributed by atoms with van der Waals surface area (Å²) in [5.41, 5.74) is 4.04. The summed E-state index contributed by atoms with van der Waals surface area (Å²) in [6.07, 6.45) is 1.29. The summed E-state index contributed by atoms with van der Waals surface area (Å²) in [5.74, 6) is 0. The Kier molecular flexibility index (Phi) is 8.78. The minimum absolute atomic E-state index is 0. The van der Waals surface area contributed by atoms with Crippen molar-refractivity contribution in [3.63, 3.8) is 0 Å². The summed E-state index contributed by atoms with van der Waals surface area (Å²) >= 11 is 1.62. The van der Waals surface area contributed by atoms with E-state index < -0.39 is 8.80 Å². The molecular weight excluding hydrogens is 370 g/mol. The minimum Gasteiger partial charge on any atom is -0.147 e. The van der Waals surface area contributed by atoms with Crippen molar-refractivity contribution >= 4 is 33.6 Å². The first kappa shape index (κ1) is 22.4. The van der Waals surface area contributed by atoms with Crippen molar-refractivity contribution in [3.05, 3.63) is 19.6 Å². The zero-order chi connectivity index (χ0) is 13.6. The molecule has 0 spiro atoms. The molecule has 1 aliphatic rings. The molecule has 0 heterocycles. The van der Waals surface area contributed by atoms with E-state index in [-0.39, 0.29) is 24.8 Å². The summed E-state index contributed by atoms with van der Waals surface area (Å²) in [7, 11) is -0.677. The van der Waals surface area contributed by atoms with Crippen LogP contribution in [0.2, 0.25) is 13.1 Å².